The minimum atomic E-state index is -0.261. The monoisotopic (exact) mass is 140 g/mol. The summed E-state index contributed by atoms with van der Waals surface area (Å²) in [4.78, 5) is 20.2. The lowest BCUT2D eigenvalue weighted by atomic mass is 10.5. The van der Waals surface area contributed by atoms with Crippen LogP contribution in [0.4, 0.5) is 0 Å². The Morgan fingerprint density at radius 2 is 2.40 bits per heavy atom. The topological polar surface area (TPSA) is 56.5 Å². The minimum Gasteiger partial charge on any atom is -0.434 e. The van der Waals surface area contributed by atoms with E-state index in [-0.39, 0.29) is 17.8 Å². The van der Waals surface area contributed by atoms with Crippen LogP contribution in [-0.4, -0.2) is 6.47 Å². The molecular weight excluding hydrogens is 136 g/mol. The van der Waals surface area contributed by atoms with Crippen LogP contribution in [0.5, 0.6) is 5.95 Å². The fraction of sp³-hybridized carbons (Fsp3) is 0. The number of carbonyl (C=O) groups is 1. The van der Waals surface area contributed by atoms with Gasteiger partial charge in [0.25, 0.3) is 5.95 Å². The van der Waals surface area contributed by atoms with Crippen LogP contribution in [0.2, 0.25) is 0 Å². The van der Waals surface area contributed by atoms with E-state index >= 15 is 0 Å². The van der Waals surface area contributed by atoms with Gasteiger partial charge in [0.2, 0.25) is 0 Å². The van der Waals surface area contributed by atoms with Gasteiger partial charge in [-0.3, -0.25) is 9.59 Å². The van der Waals surface area contributed by atoms with Crippen LogP contribution in [-0.2, 0) is 4.79 Å². The SMILES string of the molecule is O=COc1cc(=O)cco1. The lowest BCUT2D eigenvalue weighted by Gasteiger charge is -1.90. The summed E-state index contributed by atoms with van der Waals surface area (Å²) in [5.74, 6) is -0.0949. The normalized spacial score (nSPS) is 8.80. The highest BCUT2D eigenvalue weighted by Gasteiger charge is 1.92. The molecule has 0 aliphatic carbocycles. The summed E-state index contributed by atoms with van der Waals surface area (Å²) in [5, 5.41) is 0. The van der Waals surface area contributed by atoms with Crippen LogP contribution in [0.15, 0.2) is 27.6 Å². The fourth-order valence-electron chi connectivity index (χ4n) is 0.476. The Kier molecular flexibility index (Phi) is 1.84. The number of rotatable bonds is 2. The molecule has 4 nitrogen and oxygen atoms in total. The summed E-state index contributed by atoms with van der Waals surface area (Å²) in [5.41, 5.74) is -0.261. The van der Waals surface area contributed by atoms with Gasteiger partial charge < -0.3 is 9.15 Å². The molecule has 0 aromatic carbocycles. The molecule has 0 atom stereocenters. The van der Waals surface area contributed by atoms with Gasteiger partial charge in [0.05, 0.1) is 12.3 Å². The van der Waals surface area contributed by atoms with Crippen molar-refractivity contribution in [1.82, 2.24) is 0 Å². The first-order chi connectivity index (χ1) is 4.83. The van der Waals surface area contributed by atoms with Gasteiger partial charge in [-0.2, -0.15) is 0 Å². The first-order valence-corrected chi connectivity index (χ1v) is 2.52. The minimum absolute atomic E-state index is 0.0949. The summed E-state index contributed by atoms with van der Waals surface area (Å²) in [7, 11) is 0. The summed E-state index contributed by atoms with van der Waals surface area (Å²) >= 11 is 0. The fourth-order valence-corrected chi connectivity index (χ4v) is 0.476. The maximum atomic E-state index is 10.5. The molecule has 52 valence electrons. The second-order valence-corrected chi connectivity index (χ2v) is 1.50. The van der Waals surface area contributed by atoms with Gasteiger partial charge in [-0.15, -0.1) is 0 Å². The third-order valence-electron chi connectivity index (χ3n) is 0.841. The van der Waals surface area contributed by atoms with E-state index in [4.69, 9.17) is 0 Å². The van der Waals surface area contributed by atoms with Crippen molar-refractivity contribution >= 4 is 6.47 Å². The number of hydrogen-bond donors (Lipinski definition) is 0. The average molecular weight is 140 g/mol. The van der Waals surface area contributed by atoms with Crippen molar-refractivity contribution in [3.05, 3.63) is 28.6 Å². The van der Waals surface area contributed by atoms with Crippen molar-refractivity contribution in [3.8, 4) is 5.95 Å². The van der Waals surface area contributed by atoms with E-state index in [0.29, 0.717) is 0 Å². The third kappa shape index (κ3) is 1.45. The molecule has 0 radical (unpaired) electrons. The standard InChI is InChI=1S/C6H4O4/c7-4-10-6-3-5(8)1-2-9-6/h1-4H. The Morgan fingerprint density at radius 1 is 1.60 bits per heavy atom. The van der Waals surface area contributed by atoms with E-state index in [1.54, 1.807) is 0 Å². The first kappa shape index (κ1) is 6.54. The largest absolute Gasteiger partial charge is 0.434 e. The molecule has 0 bridgehead atoms. The zero-order valence-corrected chi connectivity index (χ0v) is 4.94. The molecule has 10 heavy (non-hydrogen) atoms. The van der Waals surface area contributed by atoms with Crippen LogP contribution in [0, 0.1) is 0 Å². The second kappa shape index (κ2) is 2.82. The summed E-state index contributed by atoms with van der Waals surface area (Å²) < 4.78 is 8.83. The third-order valence-corrected chi connectivity index (χ3v) is 0.841. The highest BCUT2D eigenvalue weighted by molar-refractivity contribution is 5.41. The number of hydrogen-bond acceptors (Lipinski definition) is 4. The zero-order valence-electron chi connectivity index (χ0n) is 4.94. The molecule has 0 amide bonds. The molecule has 0 aliphatic rings. The van der Waals surface area contributed by atoms with Crippen LogP contribution in [0.25, 0.3) is 0 Å². The summed E-state index contributed by atoms with van der Waals surface area (Å²) in [6.07, 6.45) is 1.15. The maximum absolute atomic E-state index is 10.5. The molecule has 0 N–H and O–H groups in total. The van der Waals surface area contributed by atoms with Gasteiger partial charge in [-0.05, 0) is 0 Å². The van der Waals surface area contributed by atoms with E-state index in [9.17, 15) is 9.59 Å². The highest BCUT2D eigenvalue weighted by atomic mass is 16.6. The Bertz CT molecular complexity index is 275. The second-order valence-electron chi connectivity index (χ2n) is 1.50. The van der Waals surface area contributed by atoms with E-state index in [0.717, 1.165) is 12.3 Å². The molecule has 4 heteroatoms. The van der Waals surface area contributed by atoms with Gasteiger partial charge in [0.1, 0.15) is 0 Å². The van der Waals surface area contributed by atoms with Gasteiger partial charge in [0, 0.05) is 6.07 Å². The van der Waals surface area contributed by atoms with Gasteiger partial charge in [-0.25, -0.2) is 0 Å². The summed E-state index contributed by atoms with van der Waals surface area (Å²) in [6, 6.07) is 2.30. The van der Waals surface area contributed by atoms with Crippen LogP contribution >= 0.6 is 0 Å². The molecule has 1 heterocycles. The molecule has 0 spiro atoms. The van der Waals surface area contributed by atoms with Crippen molar-refractivity contribution in [2.24, 2.45) is 0 Å². The molecule has 0 fully saturated rings. The number of ether oxygens (including phenoxy) is 1. The molecule has 0 saturated heterocycles. The van der Waals surface area contributed by atoms with Crippen molar-refractivity contribution in [2.45, 2.75) is 0 Å². The van der Waals surface area contributed by atoms with Gasteiger partial charge >= 0.3 is 6.47 Å². The van der Waals surface area contributed by atoms with Crippen LogP contribution in [0.1, 0.15) is 0 Å². The Hall–Kier alpha value is -1.58. The van der Waals surface area contributed by atoms with Crippen LogP contribution in [0.3, 0.4) is 0 Å². The molecule has 1 rings (SSSR count). The molecule has 0 aliphatic heterocycles. The Labute approximate surface area is 56.0 Å². The van der Waals surface area contributed by atoms with E-state index in [1.807, 2.05) is 0 Å². The first-order valence-electron chi connectivity index (χ1n) is 2.52. The Balaban J connectivity index is 2.95. The molecule has 1 aromatic rings. The van der Waals surface area contributed by atoms with E-state index in [2.05, 4.69) is 9.15 Å². The van der Waals surface area contributed by atoms with Crippen molar-refractivity contribution in [1.29, 1.82) is 0 Å². The van der Waals surface area contributed by atoms with Crippen molar-refractivity contribution in [2.75, 3.05) is 0 Å². The average Bonchev–Trinajstić information content (AvgIpc) is 1.88. The van der Waals surface area contributed by atoms with Crippen LogP contribution < -0.4 is 10.2 Å². The lowest BCUT2D eigenvalue weighted by molar-refractivity contribution is -0.121. The number of carbonyl (C=O) groups excluding carboxylic acids is 1. The predicted octanol–water partition coefficient (Wildman–Crippen LogP) is 0.175. The molecule has 0 saturated carbocycles. The van der Waals surface area contributed by atoms with E-state index in [1.165, 1.54) is 6.07 Å². The van der Waals surface area contributed by atoms with Crippen molar-refractivity contribution in [3.63, 3.8) is 0 Å². The molecule has 0 unspecified atom stereocenters. The zero-order chi connectivity index (χ0) is 7.40. The van der Waals surface area contributed by atoms with Gasteiger partial charge in [-0.1, -0.05) is 0 Å². The van der Waals surface area contributed by atoms with Crippen molar-refractivity contribution < 1.29 is 13.9 Å². The van der Waals surface area contributed by atoms with E-state index < -0.39 is 0 Å². The Morgan fingerprint density at radius 3 is 3.00 bits per heavy atom. The molecule has 1 aromatic heterocycles. The smallest absolute Gasteiger partial charge is 0.300 e. The molecular formula is C6H4O4. The highest BCUT2D eigenvalue weighted by Crippen LogP contribution is 2.02. The predicted molar refractivity (Wildman–Crippen MR) is 31.7 cm³/mol. The maximum Gasteiger partial charge on any atom is 0.300 e. The summed E-state index contributed by atoms with van der Waals surface area (Å²) in [6.45, 7) is 0.193. The van der Waals surface area contributed by atoms with Gasteiger partial charge in [0.15, 0.2) is 5.43 Å². The lowest BCUT2D eigenvalue weighted by Crippen LogP contribution is -1.97. The quantitative estimate of drug-likeness (QED) is 0.549.